The third-order valence-electron chi connectivity index (χ3n) is 2.83. The lowest BCUT2D eigenvalue weighted by Crippen LogP contribution is -1.99. The first-order valence-electron chi connectivity index (χ1n) is 7.16. The van der Waals surface area contributed by atoms with Gasteiger partial charge >= 0.3 is 0 Å². The van der Waals surface area contributed by atoms with E-state index in [0.29, 0.717) is 13.0 Å². The fourth-order valence-corrected chi connectivity index (χ4v) is 1.71. The first-order chi connectivity index (χ1) is 9.36. The van der Waals surface area contributed by atoms with Gasteiger partial charge in [0, 0.05) is 6.42 Å². The smallest absolute Gasteiger partial charge is 0.120 e. The van der Waals surface area contributed by atoms with Gasteiger partial charge in [0.2, 0.25) is 0 Å². The van der Waals surface area contributed by atoms with Crippen LogP contribution in [0, 0.1) is 0 Å². The molecule has 1 rings (SSSR count). The predicted molar refractivity (Wildman–Crippen MR) is 76.9 cm³/mol. The Balaban J connectivity index is 2.17. The highest BCUT2D eigenvalue weighted by Crippen LogP contribution is 2.18. The predicted octanol–water partition coefficient (Wildman–Crippen LogP) is 4.00. The standard InChI is InChI=1S/C16H24O3/c1-2-3-4-6-13-18-15-8-10-16(11-9-15)19-14-7-5-12-17/h8-12H,2-7,13-14H2,1H3. The Morgan fingerprint density at radius 1 is 0.895 bits per heavy atom. The Labute approximate surface area is 115 Å². The van der Waals surface area contributed by atoms with Crippen LogP contribution in [0.5, 0.6) is 11.5 Å². The monoisotopic (exact) mass is 264 g/mol. The summed E-state index contributed by atoms with van der Waals surface area (Å²) in [6.07, 6.45) is 7.09. The van der Waals surface area contributed by atoms with Crippen LogP contribution in [-0.2, 0) is 4.79 Å². The van der Waals surface area contributed by atoms with E-state index in [1.807, 2.05) is 24.3 Å². The minimum Gasteiger partial charge on any atom is -0.494 e. The largest absolute Gasteiger partial charge is 0.494 e. The first-order valence-corrected chi connectivity index (χ1v) is 7.16. The molecule has 0 aromatic heterocycles. The van der Waals surface area contributed by atoms with Gasteiger partial charge in [-0.05, 0) is 37.1 Å². The van der Waals surface area contributed by atoms with Crippen LogP contribution in [0.25, 0.3) is 0 Å². The number of carbonyl (C=O) groups excluding carboxylic acids is 1. The van der Waals surface area contributed by atoms with E-state index in [2.05, 4.69) is 6.92 Å². The number of aldehydes is 1. The SMILES string of the molecule is CCCCCCOc1ccc(OCCCC=O)cc1. The van der Waals surface area contributed by atoms with Gasteiger partial charge in [0.15, 0.2) is 0 Å². The van der Waals surface area contributed by atoms with Crippen molar-refractivity contribution in [2.24, 2.45) is 0 Å². The van der Waals surface area contributed by atoms with Crippen molar-refractivity contribution >= 4 is 6.29 Å². The molecule has 3 nitrogen and oxygen atoms in total. The van der Waals surface area contributed by atoms with Gasteiger partial charge in [0.1, 0.15) is 17.8 Å². The maximum Gasteiger partial charge on any atom is 0.120 e. The van der Waals surface area contributed by atoms with E-state index in [-0.39, 0.29) is 0 Å². The molecule has 0 aliphatic carbocycles. The molecule has 106 valence electrons. The molecular weight excluding hydrogens is 240 g/mol. The van der Waals surface area contributed by atoms with Crippen molar-refractivity contribution in [1.29, 1.82) is 0 Å². The van der Waals surface area contributed by atoms with Gasteiger partial charge in [0.05, 0.1) is 13.2 Å². The Morgan fingerprint density at radius 2 is 1.47 bits per heavy atom. The van der Waals surface area contributed by atoms with Gasteiger partial charge in [-0.2, -0.15) is 0 Å². The molecular formula is C16H24O3. The van der Waals surface area contributed by atoms with E-state index >= 15 is 0 Å². The molecule has 1 aromatic rings. The van der Waals surface area contributed by atoms with E-state index in [1.165, 1.54) is 19.3 Å². The molecule has 0 amide bonds. The van der Waals surface area contributed by atoms with Crippen molar-refractivity contribution in [3.8, 4) is 11.5 Å². The van der Waals surface area contributed by atoms with Crippen molar-refractivity contribution < 1.29 is 14.3 Å². The molecule has 0 atom stereocenters. The highest BCUT2D eigenvalue weighted by molar-refractivity contribution is 5.49. The normalized spacial score (nSPS) is 10.2. The van der Waals surface area contributed by atoms with Gasteiger partial charge < -0.3 is 14.3 Å². The number of benzene rings is 1. The number of unbranched alkanes of at least 4 members (excludes halogenated alkanes) is 4. The fraction of sp³-hybridized carbons (Fsp3) is 0.562. The molecule has 3 heteroatoms. The third kappa shape index (κ3) is 7.50. The summed E-state index contributed by atoms with van der Waals surface area (Å²) >= 11 is 0. The van der Waals surface area contributed by atoms with Crippen LogP contribution in [0.15, 0.2) is 24.3 Å². The lowest BCUT2D eigenvalue weighted by Gasteiger charge is -2.08. The first kappa shape index (κ1) is 15.5. The second kappa shape index (κ2) is 10.4. The van der Waals surface area contributed by atoms with Crippen LogP contribution >= 0.6 is 0 Å². The van der Waals surface area contributed by atoms with Crippen LogP contribution in [-0.4, -0.2) is 19.5 Å². The van der Waals surface area contributed by atoms with Crippen LogP contribution < -0.4 is 9.47 Å². The van der Waals surface area contributed by atoms with Crippen LogP contribution in [0.4, 0.5) is 0 Å². The second-order valence-electron chi connectivity index (χ2n) is 4.54. The lowest BCUT2D eigenvalue weighted by molar-refractivity contribution is -0.108. The molecule has 0 heterocycles. The van der Waals surface area contributed by atoms with E-state index in [9.17, 15) is 4.79 Å². The van der Waals surface area contributed by atoms with Gasteiger partial charge in [-0.25, -0.2) is 0 Å². The Kier molecular flexibility index (Phi) is 8.52. The molecule has 0 N–H and O–H groups in total. The molecule has 0 bridgehead atoms. The number of rotatable bonds is 11. The summed E-state index contributed by atoms with van der Waals surface area (Å²) in [5.41, 5.74) is 0. The summed E-state index contributed by atoms with van der Waals surface area (Å²) < 4.78 is 11.2. The number of hydrogen-bond acceptors (Lipinski definition) is 3. The maximum atomic E-state index is 10.2. The summed E-state index contributed by atoms with van der Waals surface area (Å²) in [5.74, 6) is 1.71. The quantitative estimate of drug-likeness (QED) is 0.447. The summed E-state index contributed by atoms with van der Waals surface area (Å²) in [6.45, 7) is 3.56. The average molecular weight is 264 g/mol. The van der Waals surface area contributed by atoms with Crippen LogP contribution in [0.1, 0.15) is 45.4 Å². The number of carbonyl (C=O) groups is 1. The Morgan fingerprint density at radius 3 is 2.00 bits per heavy atom. The summed E-state index contributed by atoms with van der Waals surface area (Å²) in [4.78, 5) is 10.2. The Bertz CT molecular complexity index is 332. The second-order valence-corrected chi connectivity index (χ2v) is 4.54. The highest BCUT2D eigenvalue weighted by Gasteiger charge is 1.97. The molecule has 0 saturated heterocycles. The van der Waals surface area contributed by atoms with E-state index in [4.69, 9.17) is 9.47 Å². The molecule has 0 spiro atoms. The molecule has 0 unspecified atom stereocenters. The highest BCUT2D eigenvalue weighted by atomic mass is 16.5. The number of hydrogen-bond donors (Lipinski definition) is 0. The van der Waals surface area contributed by atoms with Gasteiger partial charge in [-0.15, -0.1) is 0 Å². The van der Waals surface area contributed by atoms with Crippen molar-refractivity contribution in [3.63, 3.8) is 0 Å². The fourth-order valence-electron chi connectivity index (χ4n) is 1.71. The molecule has 0 aliphatic heterocycles. The molecule has 1 aromatic carbocycles. The maximum absolute atomic E-state index is 10.2. The zero-order valence-electron chi connectivity index (χ0n) is 11.8. The van der Waals surface area contributed by atoms with Gasteiger partial charge in [0.25, 0.3) is 0 Å². The van der Waals surface area contributed by atoms with Gasteiger partial charge in [-0.1, -0.05) is 26.2 Å². The summed E-state index contributed by atoms with van der Waals surface area (Å²) in [6, 6.07) is 7.66. The molecule has 19 heavy (non-hydrogen) atoms. The zero-order valence-corrected chi connectivity index (χ0v) is 11.8. The molecule has 0 saturated carbocycles. The zero-order chi connectivity index (χ0) is 13.8. The molecule has 0 fully saturated rings. The van der Waals surface area contributed by atoms with Crippen molar-refractivity contribution in [1.82, 2.24) is 0 Å². The van der Waals surface area contributed by atoms with E-state index < -0.39 is 0 Å². The lowest BCUT2D eigenvalue weighted by atomic mass is 10.2. The van der Waals surface area contributed by atoms with E-state index in [0.717, 1.165) is 37.2 Å². The average Bonchev–Trinajstić information content (AvgIpc) is 2.45. The van der Waals surface area contributed by atoms with Crippen molar-refractivity contribution in [3.05, 3.63) is 24.3 Å². The molecule has 0 radical (unpaired) electrons. The number of ether oxygens (including phenoxy) is 2. The minimum atomic E-state index is 0.555. The molecule has 0 aliphatic rings. The van der Waals surface area contributed by atoms with Gasteiger partial charge in [-0.3, -0.25) is 0 Å². The topological polar surface area (TPSA) is 35.5 Å². The van der Waals surface area contributed by atoms with Crippen LogP contribution in [0.2, 0.25) is 0 Å². The summed E-state index contributed by atoms with van der Waals surface area (Å²) in [5, 5.41) is 0. The summed E-state index contributed by atoms with van der Waals surface area (Å²) in [7, 11) is 0. The van der Waals surface area contributed by atoms with Crippen molar-refractivity contribution in [2.45, 2.75) is 45.4 Å². The minimum absolute atomic E-state index is 0.555. The third-order valence-corrected chi connectivity index (χ3v) is 2.83. The van der Waals surface area contributed by atoms with Crippen LogP contribution in [0.3, 0.4) is 0 Å². The Hall–Kier alpha value is -1.51. The van der Waals surface area contributed by atoms with E-state index in [1.54, 1.807) is 0 Å². The van der Waals surface area contributed by atoms with Crippen molar-refractivity contribution in [2.75, 3.05) is 13.2 Å².